The van der Waals surface area contributed by atoms with Gasteiger partial charge in [0, 0.05) is 26.4 Å². The minimum Gasteiger partial charge on any atom is -0.379 e. The maximum absolute atomic E-state index is 12.1. The number of hydrogen-bond donors (Lipinski definition) is 1. The number of hydrogen-bond acceptors (Lipinski definition) is 4. The molecule has 7 heteroatoms. The number of carbonyl (C=O) groups is 1. The molecule has 2 atom stereocenters. The molecule has 2 rings (SSSR count). The topological polar surface area (TPSA) is 75.7 Å². The summed E-state index contributed by atoms with van der Waals surface area (Å²) in [4.78, 5) is 12.1. The van der Waals surface area contributed by atoms with Gasteiger partial charge in [-0.25, -0.2) is 12.7 Å². The molecule has 0 saturated carbocycles. The van der Waals surface area contributed by atoms with Gasteiger partial charge < -0.3 is 10.1 Å². The molecule has 2 unspecified atom stereocenters. The first-order chi connectivity index (χ1) is 11.4. The molecule has 1 aromatic rings. The fourth-order valence-corrected chi connectivity index (χ4v) is 3.89. The van der Waals surface area contributed by atoms with Crippen LogP contribution in [0.15, 0.2) is 30.3 Å². The first-order valence-electron chi connectivity index (χ1n) is 8.20. The van der Waals surface area contributed by atoms with Crippen molar-refractivity contribution >= 4 is 15.9 Å². The van der Waals surface area contributed by atoms with Crippen LogP contribution in [0.3, 0.4) is 0 Å². The normalized spacial score (nSPS) is 21.1. The van der Waals surface area contributed by atoms with Crippen LogP contribution in [0.2, 0.25) is 0 Å². The molecule has 1 saturated heterocycles. The lowest BCUT2D eigenvalue weighted by atomic mass is 10.1. The first kappa shape index (κ1) is 18.9. The molecule has 1 aliphatic heterocycles. The van der Waals surface area contributed by atoms with E-state index in [1.54, 1.807) is 0 Å². The standard InChI is InChI=1S/C17H26N2O4S/c1-19(2)24(21,22)13-15-11-23-12-16(15)18-17(20)10-6-9-14-7-4-3-5-8-14/h3-5,7-8,15-16H,6,9-13H2,1-2H3,(H,18,20). The van der Waals surface area contributed by atoms with E-state index < -0.39 is 10.0 Å². The summed E-state index contributed by atoms with van der Waals surface area (Å²) in [5, 5.41) is 2.93. The molecule has 24 heavy (non-hydrogen) atoms. The van der Waals surface area contributed by atoms with E-state index in [9.17, 15) is 13.2 Å². The summed E-state index contributed by atoms with van der Waals surface area (Å²) in [6.45, 7) is 0.736. The molecular formula is C17H26N2O4S. The fourth-order valence-electron chi connectivity index (χ4n) is 2.72. The smallest absolute Gasteiger partial charge is 0.220 e. The second-order valence-electron chi connectivity index (χ2n) is 6.37. The van der Waals surface area contributed by atoms with Gasteiger partial charge in [-0.3, -0.25) is 4.79 Å². The van der Waals surface area contributed by atoms with E-state index in [4.69, 9.17) is 4.74 Å². The van der Waals surface area contributed by atoms with Crippen LogP contribution >= 0.6 is 0 Å². The first-order valence-corrected chi connectivity index (χ1v) is 9.80. The minimum atomic E-state index is -3.30. The Morgan fingerprint density at radius 3 is 2.62 bits per heavy atom. The summed E-state index contributed by atoms with van der Waals surface area (Å²) in [5.74, 6) is -0.251. The molecule has 1 fully saturated rings. The summed E-state index contributed by atoms with van der Waals surface area (Å²) in [7, 11) is -0.269. The second kappa shape index (κ2) is 8.60. The number of aryl methyl sites for hydroxylation is 1. The van der Waals surface area contributed by atoms with E-state index in [1.807, 2.05) is 30.3 Å². The highest BCUT2D eigenvalue weighted by Gasteiger charge is 2.33. The Labute approximate surface area is 144 Å². The zero-order valence-electron chi connectivity index (χ0n) is 14.3. The number of ether oxygens (including phenoxy) is 1. The zero-order valence-corrected chi connectivity index (χ0v) is 15.1. The molecule has 1 amide bonds. The molecule has 0 radical (unpaired) electrons. The van der Waals surface area contributed by atoms with Gasteiger partial charge in [-0.2, -0.15) is 0 Å². The van der Waals surface area contributed by atoms with Crippen molar-refractivity contribution in [3.05, 3.63) is 35.9 Å². The molecule has 1 aliphatic rings. The fraction of sp³-hybridized carbons (Fsp3) is 0.588. The second-order valence-corrected chi connectivity index (χ2v) is 8.60. The SMILES string of the molecule is CN(C)S(=O)(=O)CC1COCC1NC(=O)CCCc1ccccc1. The molecule has 0 bridgehead atoms. The largest absolute Gasteiger partial charge is 0.379 e. The predicted octanol–water partition coefficient (Wildman–Crippen LogP) is 1.03. The van der Waals surface area contributed by atoms with Crippen LogP contribution in [-0.4, -0.2) is 57.7 Å². The van der Waals surface area contributed by atoms with Crippen molar-refractivity contribution in [2.45, 2.75) is 25.3 Å². The van der Waals surface area contributed by atoms with Gasteiger partial charge in [0.15, 0.2) is 0 Å². The van der Waals surface area contributed by atoms with Gasteiger partial charge in [-0.1, -0.05) is 30.3 Å². The molecule has 1 N–H and O–H groups in total. The molecular weight excluding hydrogens is 328 g/mol. The number of sulfonamides is 1. The van der Waals surface area contributed by atoms with Crippen molar-refractivity contribution in [3.8, 4) is 0 Å². The van der Waals surface area contributed by atoms with Gasteiger partial charge >= 0.3 is 0 Å². The summed E-state index contributed by atoms with van der Waals surface area (Å²) < 4.78 is 30.6. The zero-order chi connectivity index (χ0) is 17.6. The molecule has 1 heterocycles. The Kier molecular flexibility index (Phi) is 6.77. The Hall–Kier alpha value is -1.44. The van der Waals surface area contributed by atoms with Gasteiger partial charge in [0.25, 0.3) is 0 Å². The van der Waals surface area contributed by atoms with Gasteiger partial charge in [-0.05, 0) is 18.4 Å². The summed E-state index contributed by atoms with van der Waals surface area (Å²) in [5.41, 5.74) is 1.21. The van der Waals surface area contributed by atoms with Crippen LogP contribution in [-0.2, 0) is 26.0 Å². The van der Waals surface area contributed by atoms with Crippen molar-refractivity contribution < 1.29 is 17.9 Å². The maximum atomic E-state index is 12.1. The third-order valence-electron chi connectivity index (χ3n) is 4.24. The van der Waals surface area contributed by atoms with E-state index in [0.29, 0.717) is 19.6 Å². The lowest BCUT2D eigenvalue weighted by molar-refractivity contribution is -0.122. The van der Waals surface area contributed by atoms with E-state index in [1.165, 1.54) is 24.0 Å². The van der Waals surface area contributed by atoms with Crippen molar-refractivity contribution in [1.82, 2.24) is 9.62 Å². The molecule has 0 aromatic heterocycles. The minimum absolute atomic E-state index is 0.00500. The third-order valence-corrected chi connectivity index (χ3v) is 6.20. The van der Waals surface area contributed by atoms with Gasteiger partial charge in [-0.15, -0.1) is 0 Å². The Bertz CT molecular complexity index is 631. The van der Waals surface area contributed by atoms with Crippen LogP contribution in [0.4, 0.5) is 0 Å². The number of benzene rings is 1. The Morgan fingerprint density at radius 2 is 1.96 bits per heavy atom. The van der Waals surface area contributed by atoms with Crippen LogP contribution in [0.25, 0.3) is 0 Å². The summed E-state index contributed by atoms with van der Waals surface area (Å²) in [6, 6.07) is 9.81. The van der Waals surface area contributed by atoms with Crippen LogP contribution in [0.5, 0.6) is 0 Å². The average molecular weight is 354 g/mol. The Balaban J connectivity index is 1.78. The van der Waals surface area contributed by atoms with Crippen LogP contribution < -0.4 is 5.32 Å². The van der Waals surface area contributed by atoms with E-state index in [-0.39, 0.29) is 23.6 Å². The lowest BCUT2D eigenvalue weighted by Gasteiger charge is -2.21. The maximum Gasteiger partial charge on any atom is 0.220 e. The van der Waals surface area contributed by atoms with Crippen molar-refractivity contribution in [1.29, 1.82) is 0 Å². The van der Waals surface area contributed by atoms with Gasteiger partial charge in [0.05, 0.1) is 25.0 Å². The monoisotopic (exact) mass is 354 g/mol. The van der Waals surface area contributed by atoms with E-state index in [2.05, 4.69) is 5.32 Å². The van der Waals surface area contributed by atoms with E-state index >= 15 is 0 Å². The third kappa shape index (κ3) is 5.58. The molecule has 0 aliphatic carbocycles. The lowest BCUT2D eigenvalue weighted by Crippen LogP contribution is -2.43. The number of nitrogens with zero attached hydrogens (tertiary/aromatic N) is 1. The number of rotatable bonds is 8. The molecule has 1 aromatic carbocycles. The molecule has 0 spiro atoms. The van der Waals surface area contributed by atoms with Gasteiger partial charge in [0.1, 0.15) is 0 Å². The average Bonchev–Trinajstić information content (AvgIpc) is 2.94. The van der Waals surface area contributed by atoms with Crippen molar-refractivity contribution in [2.75, 3.05) is 33.1 Å². The van der Waals surface area contributed by atoms with Gasteiger partial charge in [0.2, 0.25) is 15.9 Å². The molecule has 6 nitrogen and oxygen atoms in total. The van der Waals surface area contributed by atoms with Crippen molar-refractivity contribution in [2.24, 2.45) is 5.92 Å². The summed E-state index contributed by atoms with van der Waals surface area (Å²) in [6.07, 6.45) is 2.05. The van der Waals surface area contributed by atoms with E-state index in [0.717, 1.165) is 12.8 Å². The quantitative estimate of drug-likeness (QED) is 0.757. The van der Waals surface area contributed by atoms with Crippen LogP contribution in [0, 0.1) is 5.92 Å². The number of carbonyl (C=O) groups excluding carboxylic acids is 1. The van der Waals surface area contributed by atoms with Crippen LogP contribution in [0.1, 0.15) is 18.4 Å². The summed E-state index contributed by atoms with van der Waals surface area (Å²) >= 11 is 0. The predicted molar refractivity (Wildman–Crippen MR) is 93.1 cm³/mol. The highest BCUT2D eigenvalue weighted by molar-refractivity contribution is 7.89. The highest BCUT2D eigenvalue weighted by atomic mass is 32.2. The Morgan fingerprint density at radius 1 is 1.25 bits per heavy atom. The molecule has 134 valence electrons. The van der Waals surface area contributed by atoms with Crippen molar-refractivity contribution in [3.63, 3.8) is 0 Å². The highest BCUT2D eigenvalue weighted by Crippen LogP contribution is 2.17. The number of amides is 1. The number of nitrogens with one attached hydrogen (secondary N) is 1.